The summed E-state index contributed by atoms with van der Waals surface area (Å²) in [5, 5.41) is 11.9. The Labute approximate surface area is 158 Å². The van der Waals surface area contributed by atoms with Crippen LogP contribution in [0.25, 0.3) is 6.08 Å². The Morgan fingerprint density at radius 1 is 1.41 bits per heavy atom. The number of nitrogens with one attached hydrogen (secondary N) is 2. The molecule has 0 radical (unpaired) electrons. The van der Waals surface area contributed by atoms with Gasteiger partial charge < -0.3 is 10.1 Å². The van der Waals surface area contributed by atoms with Crippen LogP contribution < -0.4 is 15.5 Å². The maximum atomic E-state index is 11.0. The van der Waals surface area contributed by atoms with Crippen LogP contribution in [0.4, 0.5) is 5.82 Å². The molecule has 1 saturated heterocycles. The number of hydrogen-bond acceptors (Lipinski definition) is 6. The van der Waals surface area contributed by atoms with Crippen molar-refractivity contribution in [2.45, 2.75) is 19.0 Å². The second kappa shape index (κ2) is 9.16. The number of nitrogens with zero attached hydrogens (tertiary/aromatic N) is 2. The second-order valence-corrected chi connectivity index (χ2v) is 6.50. The summed E-state index contributed by atoms with van der Waals surface area (Å²) in [4.78, 5) is 17.8. The molecule has 1 fully saturated rings. The molecule has 1 aromatic heterocycles. The molecule has 3 rings (SSSR count). The summed E-state index contributed by atoms with van der Waals surface area (Å²) in [6, 6.07) is 12.3. The Bertz CT molecular complexity index is 792. The van der Waals surface area contributed by atoms with Crippen LogP contribution in [0.2, 0.25) is 0 Å². The first-order chi connectivity index (χ1) is 13.2. The molecule has 142 valence electrons. The van der Waals surface area contributed by atoms with Crippen molar-refractivity contribution < 1.29 is 14.7 Å². The number of benzene rings is 1. The molecule has 0 bridgehead atoms. The van der Waals surface area contributed by atoms with E-state index in [4.69, 9.17) is 9.94 Å². The minimum absolute atomic E-state index is 0.352. The third-order valence-electron chi connectivity index (χ3n) is 4.49. The van der Waals surface area contributed by atoms with E-state index in [0.29, 0.717) is 6.04 Å². The van der Waals surface area contributed by atoms with E-state index in [-0.39, 0.29) is 0 Å². The first-order valence-electron chi connectivity index (χ1n) is 8.86. The first kappa shape index (κ1) is 18.9. The van der Waals surface area contributed by atoms with Crippen LogP contribution in [-0.4, -0.2) is 47.2 Å². The number of carbonyl (C=O) groups is 1. The van der Waals surface area contributed by atoms with Crippen LogP contribution in [0.5, 0.6) is 5.75 Å². The Balaban J connectivity index is 1.50. The number of aromatic nitrogens is 1. The van der Waals surface area contributed by atoms with E-state index < -0.39 is 5.91 Å². The molecule has 27 heavy (non-hydrogen) atoms. The number of anilines is 1. The van der Waals surface area contributed by atoms with E-state index in [9.17, 15) is 4.79 Å². The van der Waals surface area contributed by atoms with Gasteiger partial charge in [-0.3, -0.25) is 14.9 Å². The lowest BCUT2D eigenvalue weighted by Crippen LogP contribution is -2.26. The smallest absolute Gasteiger partial charge is 0.267 e. The minimum Gasteiger partial charge on any atom is -0.497 e. The van der Waals surface area contributed by atoms with Crippen molar-refractivity contribution in [3.05, 3.63) is 59.8 Å². The Morgan fingerprint density at radius 3 is 3.04 bits per heavy atom. The third kappa shape index (κ3) is 5.54. The first-order valence-corrected chi connectivity index (χ1v) is 8.86. The molecule has 7 heteroatoms. The van der Waals surface area contributed by atoms with Gasteiger partial charge in [0.2, 0.25) is 0 Å². The standard InChI is InChI=1S/C20H24N4O3/c1-27-18-4-2-3-16(11-18)13-24-10-9-17(14-24)22-19-7-5-15(12-21-19)6-8-20(25)23-26/h2-8,11-12,17,26H,9-10,13-14H2,1H3,(H,21,22)(H,23,25)/b8-6+/t17-/m1/s1. The predicted molar refractivity (Wildman–Crippen MR) is 103 cm³/mol. The zero-order valence-electron chi connectivity index (χ0n) is 15.3. The SMILES string of the molecule is COc1cccc(CN2CC[C@@H](Nc3ccc(/C=C/C(=O)NO)cn3)C2)c1. The highest BCUT2D eigenvalue weighted by Gasteiger charge is 2.22. The molecule has 1 amide bonds. The van der Waals surface area contributed by atoms with Crippen LogP contribution >= 0.6 is 0 Å². The normalized spacial score (nSPS) is 17.2. The van der Waals surface area contributed by atoms with Crippen molar-refractivity contribution in [3.63, 3.8) is 0 Å². The summed E-state index contributed by atoms with van der Waals surface area (Å²) < 4.78 is 5.29. The predicted octanol–water partition coefficient (Wildman–Crippen LogP) is 2.30. The highest BCUT2D eigenvalue weighted by atomic mass is 16.5. The number of hydroxylamine groups is 1. The van der Waals surface area contributed by atoms with E-state index >= 15 is 0 Å². The van der Waals surface area contributed by atoms with Crippen molar-refractivity contribution in [1.29, 1.82) is 0 Å². The summed E-state index contributed by atoms with van der Waals surface area (Å²) in [5.41, 5.74) is 3.59. The molecule has 0 unspecified atom stereocenters. The monoisotopic (exact) mass is 368 g/mol. The van der Waals surface area contributed by atoms with Gasteiger partial charge in [-0.2, -0.15) is 0 Å². The molecule has 2 heterocycles. The topological polar surface area (TPSA) is 86.7 Å². The zero-order valence-corrected chi connectivity index (χ0v) is 15.3. The number of likely N-dealkylation sites (tertiary alicyclic amines) is 1. The molecule has 0 aliphatic carbocycles. The Kier molecular flexibility index (Phi) is 6.40. The van der Waals surface area contributed by atoms with Crippen molar-refractivity contribution in [2.75, 3.05) is 25.5 Å². The molecule has 1 aromatic carbocycles. The van der Waals surface area contributed by atoms with Gasteiger partial charge in [0.25, 0.3) is 5.91 Å². The quantitative estimate of drug-likeness (QED) is 0.395. The maximum absolute atomic E-state index is 11.0. The lowest BCUT2D eigenvalue weighted by Gasteiger charge is -2.17. The Hall–Kier alpha value is -2.90. The summed E-state index contributed by atoms with van der Waals surface area (Å²) in [5.74, 6) is 1.13. The van der Waals surface area contributed by atoms with Crippen LogP contribution in [-0.2, 0) is 11.3 Å². The van der Waals surface area contributed by atoms with E-state index in [1.54, 1.807) is 24.9 Å². The minimum atomic E-state index is -0.570. The highest BCUT2D eigenvalue weighted by molar-refractivity contribution is 5.90. The molecule has 0 spiro atoms. The summed E-state index contributed by atoms with van der Waals surface area (Å²) >= 11 is 0. The number of carbonyl (C=O) groups excluding carboxylic acids is 1. The molecule has 7 nitrogen and oxygen atoms in total. The van der Waals surface area contributed by atoms with Gasteiger partial charge in [-0.15, -0.1) is 0 Å². The fourth-order valence-electron chi connectivity index (χ4n) is 3.13. The summed E-state index contributed by atoms with van der Waals surface area (Å²) in [6.07, 6.45) is 5.59. The number of methoxy groups -OCH3 is 1. The molecule has 3 N–H and O–H groups in total. The van der Waals surface area contributed by atoms with Gasteiger partial charge in [-0.25, -0.2) is 10.5 Å². The molecule has 1 aliphatic heterocycles. The van der Waals surface area contributed by atoms with Crippen molar-refractivity contribution >= 4 is 17.8 Å². The van der Waals surface area contributed by atoms with Gasteiger partial charge in [0.05, 0.1) is 7.11 Å². The largest absolute Gasteiger partial charge is 0.497 e. The zero-order chi connectivity index (χ0) is 19.1. The fraction of sp³-hybridized carbons (Fsp3) is 0.300. The van der Waals surface area contributed by atoms with Crippen LogP contribution in [0, 0.1) is 0 Å². The van der Waals surface area contributed by atoms with Gasteiger partial charge >= 0.3 is 0 Å². The number of hydrogen-bond donors (Lipinski definition) is 3. The van der Waals surface area contributed by atoms with E-state index in [1.165, 1.54) is 11.6 Å². The van der Waals surface area contributed by atoms with Crippen LogP contribution in [0.15, 0.2) is 48.7 Å². The van der Waals surface area contributed by atoms with Crippen LogP contribution in [0.1, 0.15) is 17.5 Å². The maximum Gasteiger partial charge on any atom is 0.267 e. The number of rotatable bonds is 7. The van der Waals surface area contributed by atoms with Gasteiger partial charge in [0, 0.05) is 37.9 Å². The summed E-state index contributed by atoms with van der Waals surface area (Å²) in [6.45, 7) is 2.89. The van der Waals surface area contributed by atoms with Crippen molar-refractivity contribution in [3.8, 4) is 5.75 Å². The molecular formula is C20H24N4O3. The van der Waals surface area contributed by atoms with Gasteiger partial charge in [-0.05, 0) is 47.9 Å². The molecule has 2 aromatic rings. The fourth-order valence-corrected chi connectivity index (χ4v) is 3.13. The van der Waals surface area contributed by atoms with Gasteiger partial charge in [0.15, 0.2) is 0 Å². The van der Waals surface area contributed by atoms with E-state index in [1.807, 2.05) is 24.3 Å². The van der Waals surface area contributed by atoms with Crippen molar-refractivity contribution in [1.82, 2.24) is 15.4 Å². The highest BCUT2D eigenvalue weighted by Crippen LogP contribution is 2.19. The van der Waals surface area contributed by atoms with Crippen LogP contribution in [0.3, 0.4) is 0 Å². The van der Waals surface area contributed by atoms with Crippen molar-refractivity contribution in [2.24, 2.45) is 0 Å². The summed E-state index contributed by atoms with van der Waals surface area (Å²) in [7, 11) is 1.68. The molecular weight excluding hydrogens is 344 g/mol. The average Bonchev–Trinajstić information content (AvgIpc) is 3.14. The Morgan fingerprint density at radius 2 is 2.30 bits per heavy atom. The lowest BCUT2D eigenvalue weighted by atomic mass is 10.2. The molecule has 1 atom stereocenters. The number of pyridine rings is 1. The molecule has 1 aliphatic rings. The second-order valence-electron chi connectivity index (χ2n) is 6.50. The molecule has 0 saturated carbocycles. The van der Waals surface area contributed by atoms with E-state index in [0.717, 1.165) is 43.2 Å². The number of amides is 1. The van der Waals surface area contributed by atoms with Gasteiger partial charge in [0.1, 0.15) is 11.6 Å². The van der Waals surface area contributed by atoms with E-state index in [2.05, 4.69) is 27.3 Å². The average molecular weight is 368 g/mol. The number of ether oxygens (including phenoxy) is 1. The third-order valence-corrected chi connectivity index (χ3v) is 4.49. The lowest BCUT2D eigenvalue weighted by molar-refractivity contribution is -0.124. The van der Waals surface area contributed by atoms with Gasteiger partial charge in [-0.1, -0.05) is 12.1 Å².